The number of methoxy groups -OCH3 is 1. The van der Waals surface area contributed by atoms with Gasteiger partial charge in [-0.25, -0.2) is 4.98 Å². The van der Waals surface area contributed by atoms with Crippen molar-refractivity contribution >= 4 is 23.2 Å². The molecule has 0 radical (unpaired) electrons. The van der Waals surface area contributed by atoms with Crippen molar-refractivity contribution in [3.05, 3.63) is 86.6 Å². The lowest BCUT2D eigenvalue weighted by atomic mass is 10.1. The monoisotopic (exact) mass is 452 g/mol. The van der Waals surface area contributed by atoms with Crippen LogP contribution in [-0.4, -0.2) is 34.0 Å². The van der Waals surface area contributed by atoms with Crippen molar-refractivity contribution in [2.24, 2.45) is 0 Å². The Balaban J connectivity index is 1.47. The van der Waals surface area contributed by atoms with Gasteiger partial charge in [-0.15, -0.1) is 0 Å². The van der Waals surface area contributed by atoms with E-state index >= 15 is 0 Å². The predicted octanol–water partition coefficient (Wildman–Crippen LogP) is 3.41. The highest BCUT2D eigenvalue weighted by atomic mass is 35.5. The first kappa shape index (κ1) is 22.0. The van der Waals surface area contributed by atoms with E-state index in [1.54, 1.807) is 25.1 Å². The van der Waals surface area contributed by atoms with E-state index in [-0.39, 0.29) is 18.0 Å². The molecule has 0 aliphatic carbocycles. The molecule has 1 aromatic heterocycles. The number of nitrogens with zero attached hydrogens (tertiary/aromatic N) is 3. The van der Waals surface area contributed by atoms with Gasteiger partial charge >= 0.3 is 0 Å². The molecular weight excluding hydrogens is 428 g/mol. The van der Waals surface area contributed by atoms with Crippen LogP contribution in [0.4, 0.5) is 5.69 Å². The molecule has 0 saturated carbocycles. The fourth-order valence-corrected chi connectivity index (χ4v) is 4.21. The summed E-state index contributed by atoms with van der Waals surface area (Å²) in [6, 6.07) is 15.2. The van der Waals surface area contributed by atoms with Crippen LogP contribution in [-0.2, 0) is 30.8 Å². The van der Waals surface area contributed by atoms with Crippen molar-refractivity contribution in [1.82, 2.24) is 14.5 Å². The summed E-state index contributed by atoms with van der Waals surface area (Å²) < 4.78 is 6.56. The van der Waals surface area contributed by atoms with Gasteiger partial charge in [0.05, 0.1) is 17.8 Å². The van der Waals surface area contributed by atoms with E-state index in [1.807, 2.05) is 18.2 Å². The molecule has 1 amide bonds. The molecule has 0 spiro atoms. The summed E-state index contributed by atoms with van der Waals surface area (Å²) in [5.74, 6) is 0.731. The Morgan fingerprint density at radius 2 is 2.00 bits per heavy atom. The number of aryl methyl sites for hydroxylation is 1. The third-order valence-corrected chi connectivity index (χ3v) is 5.87. The van der Waals surface area contributed by atoms with Gasteiger partial charge in [-0.3, -0.25) is 19.1 Å². The van der Waals surface area contributed by atoms with Crippen molar-refractivity contribution in [3.63, 3.8) is 0 Å². The lowest BCUT2D eigenvalue weighted by Crippen LogP contribution is -2.39. The largest absolute Gasteiger partial charge is 0.495 e. The van der Waals surface area contributed by atoms with Crippen molar-refractivity contribution in [2.75, 3.05) is 19.0 Å². The summed E-state index contributed by atoms with van der Waals surface area (Å²) >= 11 is 6.12. The van der Waals surface area contributed by atoms with Gasteiger partial charge in [0.15, 0.2) is 0 Å². The van der Waals surface area contributed by atoms with Gasteiger partial charge in [0.2, 0.25) is 5.91 Å². The maximum absolute atomic E-state index is 13.1. The molecule has 32 heavy (non-hydrogen) atoms. The highest BCUT2D eigenvalue weighted by Crippen LogP contribution is 2.27. The van der Waals surface area contributed by atoms with Crippen LogP contribution in [0.25, 0.3) is 0 Å². The molecule has 7 nitrogen and oxygen atoms in total. The lowest BCUT2D eigenvalue weighted by molar-refractivity contribution is -0.116. The Hall–Kier alpha value is -3.16. The van der Waals surface area contributed by atoms with E-state index in [0.717, 1.165) is 18.8 Å². The minimum Gasteiger partial charge on any atom is -0.495 e. The number of hydrogen-bond donors (Lipinski definition) is 1. The lowest BCUT2D eigenvalue weighted by Gasteiger charge is -2.28. The van der Waals surface area contributed by atoms with E-state index in [1.165, 1.54) is 17.2 Å². The van der Waals surface area contributed by atoms with Crippen molar-refractivity contribution < 1.29 is 9.53 Å². The number of amides is 1. The zero-order valence-corrected chi connectivity index (χ0v) is 18.9. The molecule has 1 N–H and O–H groups in total. The zero-order chi connectivity index (χ0) is 22.7. The Labute approximate surface area is 191 Å². The number of benzene rings is 2. The number of halogens is 1. The second-order valence-corrected chi connectivity index (χ2v) is 8.23. The number of hydrogen-bond acceptors (Lipinski definition) is 5. The number of rotatable bonds is 6. The maximum Gasteiger partial charge on any atom is 0.257 e. The van der Waals surface area contributed by atoms with Crippen LogP contribution >= 0.6 is 11.6 Å². The predicted molar refractivity (Wildman–Crippen MR) is 124 cm³/mol. The second kappa shape index (κ2) is 9.54. The van der Waals surface area contributed by atoms with Gasteiger partial charge in [-0.1, -0.05) is 41.9 Å². The van der Waals surface area contributed by atoms with Crippen LogP contribution in [0.15, 0.2) is 53.3 Å². The molecule has 166 valence electrons. The molecule has 1 aliphatic rings. The van der Waals surface area contributed by atoms with Crippen LogP contribution < -0.4 is 15.6 Å². The molecule has 0 bridgehead atoms. The summed E-state index contributed by atoms with van der Waals surface area (Å²) in [5, 5.41) is 3.17. The van der Waals surface area contributed by atoms with Gasteiger partial charge in [-0.05, 0) is 37.1 Å². The van der Waals surface area contributed by atoms with Crippen LogP contribution in [0.2, 0.25) is 5.02 Å². The number of aromatic nitrogens is 2. The number of carbonyl (C=O) groups excluding carboxylic acids is 1. The molecule has 1 aliphatic heterocycles. The molecular formula is C24H25ClN4O3. The second-order valence-electron chi connectivity index (χ2n) is 7.82. The van der Waals surface area contributed by atoms with Gasteiger partial charge in [0.1, 0.15) is 18.1 Å². The molecule has 0 fully saturated rings. The normalized spacial score (nSPS) is 13.5. The van der Waals surface area contributed by atoms with Crippen LogP contribution in [0, 0.1) is 6.92 Å². The average molecular weight is 453 g/mol. The topological polar surface area (TPSA) is 76.5 Å². The molecule has 0 saturated heterocycles. The molecule has 0 atom stereocenters. The first-order valence-corrected chi connectivity index (χ1v) is 10.8. The minimum atomic E-state index is -0.320. The van der Waals surface area contributed by atoms with E-state index in [4.69, 9.17) is 16.3 Å². The van der Waals surface area contributed by atoms with E-state index < -0.39 is 0 Å². The zero-order valence-electron chi connectivity index (χ0n) is 18.1. The van der Waals surface area contributed by atoms with Crippen molar-refractivity contribution in [3.8, 4) is 5.75 Å². The molecule has 4 rings (SSSR count). The van der Waals surface area contributed by atoms with Gasteiger partial charge in [-0.2, -0.15) is 0 Å². The molecule has 2 heterocycles. The maximum atomic E-state index is 13.1. The molecule has 0 unspecified atom stereocenters. The summed E-state index contributed by atoms with van der Waals surface area (Å²) in [6.45, 7) is 3.87. The Morgan fingerprint density at radius 3 is 2.72 bits per heavy atom. The summed E-state index contributed by atoms with van der Waals surface area (Å²) in [6.07, 6.45) is 0.615. The Bertz CT molecular complexity index is 1190. The summed E-state index contributed by atoms with van der Waals surface area (Å²) in [7, 11) is 1.53. The standard InChI is InChI=1S/C24H25ClN4O3/c1-16-26-21-14-28(13-17-6-4-3-5-7-17)11-10-19(21)24(31)29(16)15-23(30)27-18-8-9-22(32-2)20(25)12-18/h3-9,12H,10-11,13-15H2,1-2H3,(H,27,30). The number of anilines is 1. The van der Waals surface area contributed by atoms with E-state index in [2.05, 4.69) is 27.3 Å². The van der Waals surface area contributed by atoms with Crippen LogP contribution in [0.1, 0.15) is 22.6 Å². The van der Waals surface area contributed by atoms with Crippen molar-refractivity contribution in [1.29, 1.82) is 0 Å². The third-order valence-electron chi connectivity index (χ3n) is 5.58. The highest BCUT2D eigenvalue weighted by molar-refractivity contribution is 6.32. The van der Waals surface area contributed by atoms with Gasteiger partial charge in [0, 0.05) is 30.9 Å². The smallest absolute Gasteiger partial charge is 0.257 e. The van der Waals surface area contributed by atoms with Crippen LogP contribution in [0.3, 0.4) is 0 Å². The quantitative estimate of drug-likeness (QED) is 0.620. The molecule has 3 aromatic rings. The number of fused-ring (bicyclic) bond motifs is 1. The fraction of sp³-hybridized carbons (Fsp3) is 0.292. The minimum absolute atomic E-state index is 0.109. The average Bonchev–Trinajstić information content (AvgIpc) is 2.77. The summed E-state index contributed by atoms with van der Waals surface area (Å²) in [5.41, 5.74) is 3.12. The van der Waals surface area contributed by atoms with Crippen LogP contribution in [0.5, 0.6) is 5.75 Å². The summed E-state index contributed by atoms with van der Waals surface area (Å²) in [4.78, 5) is 32.7. The fourth-order valence-electron chi connectivity index (χ4n) is 3.95. The van der Waals surface area contributed by atoms with E-state index in [9.17, 15) is 9.59 Å². The number of carbonyl (C=O) groups is 1. The van der Waals surface area contributed by atoms with Gasteiger partial charge < -0.3 is 10.1 Å². The first-order chi connectivity index (χ1) is 15.4. The number of nitrogens with one attached hydrogen (secondary N) is 1. The SMILES string of the molecule is COc1ccc(NC(=O)Cn2c(C)nc3c(c2=O)CCN(Cc2ccccc2)C3)cc1Cl. The van der Waals surface area contributed by atoms with Gasteiger partial charge in [0.25, 0.3) is 5.56 Å². The van der Waals surface area contributed by atoms with E-state index in [0.29, 0.717) is 40.8 Å². The third kappa shape index (κ3) is 4.84. The first-order valence-electron chi connectivity index (χ1n) is 10.4. The number of ether oxygens (including phenoxy) is 1. The Morgan fingerprint density at radius 1 is 1.22 bits per heavy atom. The highest BCUT2D eigenvalue weighted by Gasteiger charge is 2.23. The molecule has 2 aromatic carbocycles. The van der Waals surface area contributed by atoms with Crippen molar-refractivity contribution in [2.45, 2.75) is 33.0 Å². The molecule has 8 heteroatoms. The Kier molecular flexibility index (Phi) is 6.58.